The molecule has 0 unspecified atom stereocenters. The van der Waals surface area contributed by atoms with Crippen molar-refractivity contribution in [1.82, 2.24) is 15.0 Å². The molecule has 5 nitrogen and oxygen atoms in total. The van der Waals surface area contributed by atoms with Gasteiger partial charge in [-0.05, 0) is 31.4 Å². The van der Waals surface area contributed by atoms with Gasteiger partial charge in [-0.3, -0.25) is 4.79 Å². The van der Waals surface area contributed by atoms with Gasteiger partial charge in [0, 0.05) is 24.2 Å². The summed E-state index contributed by atoms with van der Waals surface area (Å²) in [6.45, 7) is 1.94. The van der Waals surface area contributed by atoms with Gasteiger partial charge in [0.2, 0.25) is 5.91 Å². The Labute approximate surface area is 111 Å². The average Bonchev–Trinajstić information content (AvgIpc) is 2.88. The second-order valence-electron chi connectivity index (χ2n) is 4.93. The lowest BCUT2D eigenvalue weighted by atomic mass is 9.89. The van der Waals surface area contributed by atoms with E-state index in [1.54, 1.807) is 12.5 Å². The Morgan fingerprint density at radius 2 is 2.37 bits per heavy atom. The zero-order valence-electron chi connectivity index (χ0n) is 10.8. The standard InChI is InChI=1S/C14H16N4O/c1-9-3-2-6-15-13(9)18-14(19)10-4-5-11-12(7-10)17-8-16-11/h2-3,6,8,10H,4-5,7H2,1H3,(H,16,17)(H,15,18,19)/t10-/m1/s1. The Bertz CT molecular complexity index is 605. The van der Waals surface area contributed by atoms with E-state index >= 15 is 0 Å². The second-order valence-corrected chi connectivity index (χ2v) is 4.93. The molecule has 2 aromatic rings. The number of aryl methyl sites for hydroxylation is 2. The molecule has 98 valence electrons. The summed E-state index contributed by atoms with van der Waals surface area (Å²) in [5.74, 6) is 0.694. The third-order valence-electron chi connectivity index (χ3n) is 3.61. The van der Waals surface area contributed by atoms with Gasteiger partial charge in [0.15, 0.2) is 0 Å². The summed E-state index contributed by atoms with van der Waals surface area (Å²) in [4.78, 5) is 23.8. The van der Waals surface area contributed by atoms with Gasteiger partial charge in [0.05, 0.1) is 12.0 Å². The molecule has 3 rings (SSSR count). The summed E-state index contributed by atoms with van der Waals surface area (Å²) in [7, 11) is 0. The van der Waals surface area contributed by atoms with Gasteiger partial charge in [-0.15, -0.1) is 0 Å². The maximum atomic E-state index is 12.3. The summed E-state index contributed by atoms with van der Waals surface area (Å²) < 4.78 is 0. The zero-order valence-corrected chi connectivity index (χ0v) is 10.8. The summed E-state index contributed by atoms with van der Waals surface area (Å²) in [6.07, 6.45) is 5.82. The third kappa shape index (κ3) is 2.36. The lowest BCUT2D eigenvalue weighted by molar-refractivity contribution is -0.120. The van der Waals surface area contributed by atoms with E-state index in [9.17, 15) is 4.79 Å². The number of hydrogen-bond donors (Lipinski definition) is 2. The maximum absolute atomic E-state index is 12.3. The van der Waals surface area contributed by atoms with Crippen LogP contribution in [-0.2, 0) is 17.6 Å². The zero-order chi connectivity index (χ0) is 13.2. The van der Waals surface area contributed by atoms with Crippen LogP contribution in [0.15, 0.2) is 24.7 Å². The number of aromatic amines is 1. The Balaban J connectivity index is 1.71. The van der Waals surface area contributed by atoms with Crippen LogP contribution in [0.3, 0.4) is 0 Å². The summed E-state index contributed by atoms with van der Waals surface area (Å²) in [6, 6.07) is 3.80. The fourth-order valence-electron chi connectivity index (χ4n) is 2.46. The maximum Gasteiger partial charge on any atom is 0.229 e. The molecule has 0 saturated heterocycles. The van der Waals surface area contributed by atoms with E-state index in [2.05, 4.69) is 20.3 Å². The molecule has 0 bridgehead atoms. The van der Waals surface area contributed by atoms with E-state index in [0.717, 1.165) is 36.2 Å². The molecule has 2 heterocycles. The lowest BCUT2D eigenvalue weighted by Gasteiger charge is -2.20. The second kappa shape index (κ2) is 4.84. The Kier molecular flexibility index (Phi) is 3.03. The molecule has 1 aliphatic rings. The van der Waals surface area contributed by atoms with Crippen molar-refractivity contribution in [3.05, 3.63) is 41.6 Å². The molecule has 0 radical (unpaired) electrons. The van der Waals surface area contributed by atoms with Crippen LogP contribution in [0.2, 0.25) is 0 Å². The molecule has 19 heavy (non-hydrogen) atoms. The number of fused-ring (bicyclic) bond motifs is 1. The normalized spacial score (nSPS) is 17.8. The highest BCUT2D eigenvalue weighted by molar-refractivity contribution is 5.92. The topological polar surface area (TPSA) is 70.7 Å². The Morgan fingerprint density at radius 3 is 3.21 bits per heavy atom. The number of carbonyl (C=O) groups excluding carboxylic acids is 1. The first kappa shape index (κ1) is 11.9. The summed E-state index contributed by atoms with van der Waals surface area (Å²) >= 11 is 0. The minimum absolute atomic E-state index is 0.00523. The first-order chi connectivity index (χ1) is 9.24. The molecule has 1 amide bonds. The van der Waals surface area contributed by atoms with Crippen LogP contribution >= 0.6 is 0 Å². The van der Waals surface area contributed by atoms with Crippen molar-refractivity contribution >= 4 is 11.7 Å². The van der Waals surface area contributed by atoms with Gasteiger partial charge >= 0.3 is 0 Å². The van der Waals surface area contributed by atoms with E-state index in [4.69, 9.17) is 0 Å². The van der Waals surface area contributed by atoms with Crippen molar-refractivity contribution in [2.75, 3.05) is 5.32 Å². The number of rotatable bonds is 2. The fraction of sp³-hybridized carbons (Fsp3) is 0.357. The van der Waals surface area contributed by atoms with Crippen LogP contribution in [0.5, 0.6) is 0 Å². The van der Waals surface area contributed by atoms with Gasteiger partial charge in [-0.25, -0.2) is 9.97 Å². The van der Waals surface area contributed by atoms with Gasteiger partial charge < -0.3 is 10.3 Å². The predicted molar refractivity (Wildman–Crippen MR) is 71.7 cm³/mol. The molecular weight excluding hydrogens is 240 g/mol. The van der Waals surface area contributed by atoms with Crippen LogP contribution in [0.25, 0.3) is 0 Å². The monoisotopic (exact) mass is 256 g/mol. The minimum Gasteiger partial charge on any atom is -0.348 e. The summed E-state index contributed by atoms with van der Waals surface area (Å²) in [5.41, 5.74) is 3.16. The van der Waals surface area contributed by atoms with Gasteiger partial charge in [0.1, 0.15) is 5.82 Å². The van der Waals surface area contributed by atoms with E-state index in [1.165, 1.54) is 0 Å². The molecule has 5 heteroatoms. The van der Waals surface area contributed by atoms with Crippen LogP contribution < -0.4 is 5.32 Å². The van der Waals surface area contributed by atoms with E-state index in [-0.39, 0.29) is 11.8 Å². The number of carbonyl (C=O) groups is 1. The Morgan fingerprint density at radius 1 is 1.47 bits per heavy atom. The van der Waals surface area contributed by atoms with E-state index < -0.39 is 0 Å². The van der Waals surface area contributed by atoms with E-state index in [1.807, 2.05) is 19.1 Å². The number of imidazole rings is 1. The molecule has 0 saturated carbocycles. The lowest BCUT2D eigenvalue weighted by Crippen LogP contribution is -2.28. The Hall–Kier alpha value is -2.17. The largest absolute Gasteiger partial charge is 0.348 e. The quantitative estimate of drug-likeness (QED) is 0.861. The highest BCUT2D eigenvalue weighted by Crippen LogP contribution is 2.24. The molecule has 2 aromatic heterocycles. The molecule has 0 spiro atoms. The van der Waals surface area contributed by atoms with Crippen LogP contribution in [-0.4, -0.2) is 20.9 Å². The minimum atomic E-state index is -0.00523. The van der Waals surface area contributed by atoms with Crippen molar-refractivity contribution in [2.24, 2.45) is 5.92 Å². The third-order valence-corrected chi connectivity index (χ3v) is 3.61. The fourth-order valence-corrected chi connectivity index (χ4v) is 2.46. The smallest absolute Gasteiger partial charge is 0.229 e. The number of anilines is 1. The number of H-pyrrole nitrogens is 1. The summed E-state index contributed by atoms with van der Waals surface area (Å²) in [5, 5.41) is 2.92. The number of pyridine rings is 1. The molecular formula is C14H16N4O. The van der Waals surface area contributed by atoms with Gasteiger partial charge in [-0.1, -0.05) is 6.07 Å². The van der Waals surface area contributed by atoms with Crippen molar-refractivity contribution in [2.45, 2.75) is 26.2 Å². The highest BCUT2D eigenvalue weighted by atomic mass is 16.1. The van der Waals surface area contributed by atoms with Crippen molar-refractivity contribution < 1.29 is 4.79 Å². The molecule has 2 N–H and O–H groups in total. The van der Waals surface area contributed by atoms with Gasteiger partial charge in [-0.2, -0.15) is 0 Å². The number of aromatic nitrogens is 3. The highest BCUT2D eigenvalue weighted by Gasteiger charge is 2.26. The van der Waals surface area contributed by atoms with Crippen LogP contribution in [0.1, 0.15) is 23.4 Å². The van der Waals surface area contributed by atoms with Crippen molar-refractivity contribution in [3.8, 4) is 0 Å². The van der Waals surface area contributed by atoms with Crippen molar-refractivity contribution in [3.63, 3.8) is 0 Å². The average molecular weight is 256 g/mol. The molecule has 0 aromatic carbocycles. The molecule has 0 fully saturated rings. The van der Waals surface area contributed by atoms with Crippen molar-refractivity contribution in [1.29, 1.82) is 0 Å². The SMILES string of the molecule is Cc1cccnc1NC(=O)[C@@H]1CCc2nc[nH]c2C1. The first-order valence-electron chi connectivity index (χ1n) is 6.47. The molecule has 0 aliphatic heterocycles. The number of nitrogens with one attached hydrogen (secondary N) is 2. The first-order valence-corrected chi connectivity index (χ1v) is 6.47. The number of hydrogen-bond acceptors (Lipinski definition) is 3. The molecule has 1 atom stereocenters. The van der Waals surface area contributed by atoms with Gasteiger partial charge in [0.25, 0.3) is 0 Å². The van der Waals surface area contributed by atoms with Crippen LogP contribution in [0, 0.1) is 12.8 Å². The van der Waals surface area contributed by atoms with Crippen LogP contribution in [0.4, 0.5) is 5.82 Å². The number of nitrogens with zero attached hydrogens (tertiary/aromatic N) is 2. The predicted octanol–water partition coefficient (Wildman–Crippen LogP) is 1.86. The number of amides is 1. The molecule has 1 aliphatic carbocycles. The van der Waals surface area contributed by atoms with E-state index in [0.29, 0.717) is 5.82 Å².